The fourth-order valence-corrected chi connectivity index (χ4v) is 2.18. The van der Waals surface area contributed by atoms with Gasteiger partial charge in [-0.2, -0.15) is 9.67 Å². The average Bonchev–Trinajstić information content (AvgIpc) is 3.22. The molecule has 0 saturated carbocycles. The Morgan fingerprint density at radius 3 is 2.88 bits per heavy atom. The molecule has 1 amide bonds. The second-order valence-corrected chi connectivity index (χ2v) is 5.35. The van der Waals surface area contributed by atoms with Gasteiger partial charge in [-0.3, -0.25) is 4.79 Å². The normalized spacial score (nSPS) is 10.7. The van der Waals surface area contributed by atoms with Crippen molar-refractivity contribution < 1.29 is 18.6 Å². The lowest BCUT2D eigenvalue weighted by atomic mass is 10.2. The molecule has 0 bridgehead atoms. The lowest BCUT2D eigenvalue weighted by molar-refractivity contribution is -0.389. The predicted octanol–water partition coefficient (Wildman–Crippen LogP) is 1.60. The maximum absolute atomic E-state index is 13.5. The second-order valence-electron chi connectivity index (χ2n) is 5.35. The molecule has 2 heterocycles. The third kappa shape index (κ3) is 3.71. The van der Waals surface area contributed by atoms with E-state index in [1.54, 1.807) is 25.1 Å². The van der Waals surface area contributed by atoms with Gasteiger partial charge in [-0.25, -0.2) is 4.39 Å². The van der Waals surface area contributed by atoms with E-state index < -0.39 is 16.6 Å². The third-order valence-electron chi connectivity index (χ3n) is 3.51. The topological polar surface area (TPSA) is 129 Å². The van der Waals surface area contributed by atoms with Crippen LogP contribution in [0, 0.1) is 22.9 Å². The van der Waals surface area contributed by atoms with Crippen molar-refractivity contribution in [2.24, 2.45) is 0 Å². The molecule has 1 aromatic carbocycles. The van der Waals surface area contributed by atoms with E-state index >= 15 is 0 Å². The van der Waals surface area contributed by atoms with Gasteiger partial charge in [0.05, 0.1) is 16.9 Å². The number of benzene rings is 1. The Kier molecular flexibility index (Phi) is 4.69. The number of rotatable bonds is 6. The molecule has 134 valence electrons. The first kappa shape index (κ1) is 17.2. The Labute approximate surface area is 145 Å². The highest BCUT2D eigenvalue weighted by Gasteiger charge is 2.20. The number of nitrogens with one attached hydrogen (secondary N) is 1. The fraction of sp³-hybridized carbons (Fsp3) is 0.200. The maximum atomic E-state index is 13.5. The van der Waals surface area contributed by atoms with Crippen molar-refractivity contribution >= 4 is 11.7 Å². The number of hydrogen-bond acceptors (Lipinski definition) is 7. The molecule has 0 fully saturated rings. The molecule has 0 aliphatic heterocycles. The summed E-state index contributed by atoms with van der Waals surface area (Å²) in [6.07, 6.45) is 0. The smallest absolute Gasteiger partial charge is 0.358 e. The van der Waals surface area contributed by atoms with E-state index in [0.29, 0.717) is 11.3 Å². The highest BCUT2D eigenvalue weighted by Crippen LogP contribution is 2.12. The zero-order chi connectivity index (χ0) is 18.7. The largest absolute Gasteiger partial charge is 0.390 e. The number of aromatic nitrogens is 4. The van der Waals surface area contributed by atoms with Crippen LogP contribution in [0.15, 0.2) is 34.9 Å². The summed E-state index contributed by atoms with van der Waals surface area (Å²) in [5, 5.41) is 20.6. The van der Waals surface area contributed by atoms with Crippen molar-refractivity contribution in [2.45, 2.75) is 20.0 Å². The van der Waals surface area contributed by atoms with E-state index in [4.69, 9.17) is 4.52 Å². The van der Waals surface area contributed by atoms with Gasteiger partial charge in [-0.1, -0.05) is 23.4 Å². The Bertz CT molecular complexity index is 967. The predicted molar refractivity (Wildman–Crippen MR) is 84.6 cm³/mol. The molecule has 0 spiro atoms. The lowest BCUT2D eigenvalue weighted by Crippen LogP contribution is -2.23. The molecule has 10 nitrogen and oxygen atoms in total. The SMILES string of the molecule is Cc1cc([N+](=O)[O-])nn1Cc1noc(C(=O)NCc2ccccc2F)n1. The molecular formula is C15H13FN6O4. The van der Waals surface area contributed by atoms with E-state index in [1.807, 2.05) is 0 Å². The summed E-state index contributed by atoms with van der Waals surface area (Å²) >= 11 is 0. The quantitative estimate of drug-likeness (QED) is 0.522. The Hall–Kier alpha value is -3.63. The monoisotopic (exact) mass is 360 g/mol. The first-order chi connectivity index (χ1) is 12.4. The number of nitro groups is 1. The van der Waals surface area contributed by atoms with Crippen molar-refractivity contribution in [3.63, 3.8) is 0 Å². The molecule has 26 heavy (non-hydrogen) atoms. The Morgan fingerprint density at radius 1 is 1.42 bits per heavy atom. The number of amides is 1. The number of carbonyl (C=O) groups excluding carboxylic acids is 1. The van der Waals surface area contributed by atoms with Crippen LogP contribution in [0.1, 0.15) is 27.8 Å². The molecule has 2 aromatic heterocycles. The summed E-state index contributed by atoms with van der Waals surface area (Å²) in [6.45, 7) is 1.61. The minimum Gasteiger partial charge on any atom is -0.358 e. The van der Waals surface area contributed by atoms with Gasteiger partial charge in [0, 0.05) is 12.1 Å². The summed E-state index contributed by atoms with van der Waals surface area (Å²) in [6, 6.07) is 7.34. The van der Waals surface area contributed by atoms with E-state index in [1.165, 1.54) is 16.8 Å². The zero-order valence-corrected chi connectivity index (χ0v) is 13.5. The summed E-state index contributed by atoms with van der Waals surface area (Å²) in [5.41, 5.74) is 0.854. The van der Waals surface area contributed by atoms with Crippen LogP contribution < -0.4 is 5.32 Å². The minimum absolute atomic E-state index is 0.00374. The molecule has 11 heteroatoms. The molecule has 1 N–H and O–H groups in total. The molecule has 0 atom stereocenters. The standard InChI is InChI=1S/C15H13FN6O4/c1-9-6-13(22(24)25)19-21(9)8-12-18-15(26-20-12)14(23)17-7-10-4-2-3-5-11(10)16/h2-6H,7-8H2,1H3,(H,17,23). The zero-order valence-electron chi connectivity index (χ0n) is 13.5. The van der Waals surface area contributed by atoms with Crippen molar-refractivity contribution in [1.82, 2.24) is 25.2 Å². The molecule has 0 unspecified atom stereocenters. The maximum Gasteiger partial charge on any atom is 0.390 e. The van der Waals surface area contributed by atoms with Crippen LogP contribution in [0.3, 0.4) is 0 Å². The number of halogens is 1. The Morgan fingerprint density at radius 2 is 2.19 bits per heavy atom. The molecule has 0 saturated heterocycles. The van der Waals surface area contributed by atoms with E-state index in [9.17, 15) is 19.3 Å². The first-order valence-corrected chi connectivity index (χ1v) is 7.47. The molecule has 0 aliphatic rings. The van der Waals surface area contributed by atoms with Gasteiger partial charge in [0.2, 0.25) is 0 Å². The van der Waals surface area contributed by atoms with Gasteiger partial charge in [0.15, 0.2) is 5.82 Å². The number of carbonyl (C=O) groups is 1. The van der Waals surface area contributed by atoms with Gasteiger partial charge in [-0.05, 0) is 17.9 Å². The van der Waals surface area contributed by atoms with Crippen LogP contribution in [-0.2, 0) is 13.1 Å². The number of nitrogens with zero attached hydrogens (tertiary/aromatic N) is 5. The molecule has 3 aromatic rings. The van der Waals surface area contributed by atoms with Gasteiger partial charge in [0.25, 0.3) is 0 Å². The van der Waals surface area contributed by atoms with Gasteiger partial charge < -0.3 is 20.0 Å². The summed E-state index contributed by atoms with van der Waals surface area (Å²) in [7, 11) is 0. The van der Waals surface area contributed by atoms with Crippen LogP contribution >= 0.6 is 0 Å². The minimum atomic E-state index is -0.657. The van der Waals surface area contributed by atoms with Crippen LogP contribution in [0.4, 0.5) is 10.2 Å². The first-order valence-electron chi connectivity index (χ1n) is 7.47. The molecule has 3 rings (SSSR count). The highest BCUT2D eigenvalue weighted by molar-refractivity contribution is 5.89. The van der Waals surface area contributed by atoms with E-state index in [0.717, 1.165) is 0 Å². The van der Waals surface area contributed by atoms with Crippen LogP contribution in [0.5, 0.6) is 0 Å². The van der Waals surface area contributed by atoms with Crippen molar-refractivity contribution in [2.75, 3.05) is 0 Å². The van der Waals surface area contributed by atoms with Crippen molar-refractivity contribution in [3.05, 3.63) is 69.2 Å². The molecule has 0 aliphatic carbocycles. The molecule has 0 radical (unpaired) electrons. The molecular weight excluding hydrogens is 347 g/mol. The van der Waals surface area contributed by atoms with Gasteiger partial charge in [-0.15, -0.1) is 0 Å². The van der Waals surface area contributed by atoms with Gasteiger partial charge in [0.1, 0.15) is 12.4 Å². The van der Waals surface area contributed by atoms with Crippen molar-refractivity contribution in [1.29, 1.82) is 0 Å². The Balaban J connectivity index is 1.65. The highest BCUT2D eigenvalue weighted by atomic mass is 19.1. The third-order valence-corrected chi connectivity index (χ3v) is 3.51. The average molecular weight is 360 g/mol. The van der Waals surface area contributed by atoms with Crippen LogP contribution in [-0.4, -0.2) is 30.8 Å². The van der Waals surface area contributed by atoms with E-state index in [2.05, 4.69) is 20.6 Å². The van der Waals surface area contributed by atoms with Crippen LogP contribution in [0.2, 0.25) is 0 Å². The lowest BCUT2D eigenvalue weighted by Gasteiger charge is -2.03. The van der Waals surface area contributed by atoms with Gasteiger partial charge >= 0.3 is 17.6 Å². The summed E-state index contributed by atoms with van der Waals surface area (Å²) in [5.74, 6) is -1.56. The number of hydrogen-bond donors (Lipinski definition) is 1. The van der Waals surface area contributed by atoms with Crippen molar-refractivity contribution in [3.8, 4) is 0 Å². The second kappa shape index (κ2) is 7.09. The van der Waals surface area contributed by atoms with Crippen LogP contribution in [0.25, 0.3) is 0 Å². The summed E-state index contributed by atoms with van der Waals surface area (Å²) in [4.78, 5) is 26.1. The fourth-order valence-electron chi connectivity index (χ4n) is 2.18. The van der Waals surface area contributed by atoms with E-state index in [-0.39, 0.29) is 30.6 Å². The number of aryl methyl sites for hydroxylation is 1. The summed E-state index contributed by atoms with van der Waals surface area (Å²) < 4.78 is 19.7.